The molecule has 1 aliphatic heterocycles. The van der Waals surface area contributed by atoms with Crippen molar-refractivity contribution in [3.63, 3.8) is 0 Å². The van der Waals surface area contributed by atoms with Gasteiger partial charge in [-0.1, -0.05) is 26.0 Å². The Hall–Kier alpha value is -2.21. The molecular weight excluding hydrogens is 318 g/mol. The predicted octanol–water partition coefficient (Wildman–Crippen LogP) is 2.06. The lowest BCUT2D eigenvalue weighted by Gasteiger charge is -2.32. The van der Waals surface area contributed by atoms with Crippen molar-refractivity contribution in [2.24, 2.45) is 5.92 Å². The number of ether oxygens (including phenoxy) is 1. The monoisotopic (exact) mass is 343 g/mol. The Labute approximate surface area is 147 Å². The fraction of sp³-hybridized carbons (Fsp3) is 0.526. The van der Waals surface area contributed by atoms with Gasteiger partial charge in [0.15, 0.2) is 0 Å². The summed E-state index contributed by atoms with van der Waals surface area (Å²) < 4.78 is 7.25. The van der Waals surface area contributed by atoms with E-state index >= 15 is 0 Å². The minimum absolute atomic E-state index is 0.0359. The maximum Gasteiger partial charge on any atom is 0.261 e. The van der Waals surface area contributed by atoms with Gasteiger partial charge >= 0.3 is 0 Å². The lowest BCUT2D eigenvalue weighted by molar-refractivity contribution is -0.134. The third-order valence-electron chi connectivity index (χ3n) is 4.50. The SMILES string of the molecule is CC(C)COC1CCN(C(=O)Cn2cnc3ccccc3c2=O)CC1. The fourth-order valence-electron chi connectivity index (χ4n) is 3.06. The van der Waals surface area contributed by atoms with Crippen LogP contribution in [0.3, 0.4) is 0 Å². The highest BCUT2D eigenvalue weighted by molar-refractivity contribution is 5.79. The maximum atomic E-state index is 12.5. The van der Waals surface area contributed by atoms with Gasteiger partial charge in [-0.2, -0.15) is 0 Å². The van der Waals surface area contributed by atoms with Crippen molar-refractivity contribution in [1.29, 1.82) is 0 Å². The van der Waals surface area contributed by atoms with Crippen LogP contribution in [0, 0.1) is 5.92 Å². The Morgan fingerprint density at radius 3 is 2.72 bits per heavy atom. The van der Waals surface area contributed by atoms with Crippen molar-refractivity contribution >= 4 is 16.8 Å². The highest BCUT2D eigenvalue weighted by Crippen LogP contribution is 2.15. The number of carbonyl (C=O) groups excluding carboxylic acids is 1. The first-order valence-electron chi connectivity index (χ1n) is 8.88. The van der Waals surface area contributed by atoms with E-state index in [2.05, 4.69) is 18.8 Å². The van der Waals surface area contributed by atoms with E-state index in [0.29, 0.717) is 29.9 Å². The Morgan fingerprint density at radius 1 is 1.28 bits per heavy atom. The Balaban J connectivity index is 1.60. The van der Waals surface area contributed by atoms with Crippen LogP contribution in [-0.4, -0.2) is 46.2 Å². The number of piperidine rings is 1. The first-order valence-corrected chi connectivity index (χ1v) is 8.88. The minimum Gasteiger partial charge on any atom is -0.378 e. The molecule has 0 unspecified atom stereocenters. The van der Waals surface area contributed by atoms with E-state index in [1.807, 2.05) is 11.0 Å². The second-order valence-corrected chi connectivity index (χ2v) is 7.00. The number of rotatable bonds is 5. The number of aromatic nitrogens is 2. The molecule has 0 atom stereocenters. The number of hydrogen-bond donors (Lipinski definition) is 0. The lowest BCUT2D eigenvalue weighted by Crippen LogP contribution is -2.43. The van der Waals surface area contributed by atoms with E-state index in [0.717, 1.165) is 19.4 Å². The standard InChI is InChI=1S/C19H25N3O3/c1-14(2)12-25-15-7-9-21(10-8-15)18(23)11-22-13-20-17-6-4-3-5-16(17)19(22)24/h3-6,13-15H,7-12H2,1-2H3. The average Bonchev–Trinajstić information content (AvgIpc) is 2.63. The van der Waals surface area contributed by atoms with Crippen LogP contribution in [0.5, 0.6) is 0 Å². The van der Waals surface area contributed by atoms with E-state index in [-0.39, 0.29) is 24.1 Å². The van der Waals surface area contributed by atoms with E-state index < -0.39 is 0 Å². The van der Waals surface area contributed by atoms with Crippen molar-refractivity contribution in [1.82, 2.24) is 14.5 Å². The predicted molar refractivity (Wildman–Crippen MR) is 96.4 cm³/mol. The molecule has 0 saturated carbocycles. The van der Waals surface area contributed by atoms with Crippen LogP contribution in [0.1, 0.15) is 26.7 Å². The molecule has 1 saturated heterocycles. The number of fused-ring (bicyclic) bond motifs is 1. The number of likely N-dealkylation sites (tertiary alicyclic amines) is 1. The van der Waals surface area contributed by atoms with Crippen molar-refractivity contribution in [2.75, 3.05) is 19.7 Å². The summed E-state index contributed by atoms with van der Waals surface area (Å²) in [6.45, 7) is 6.42. The van der Waals surface area contributed by atoms with Gasteiger partial charge in [-0.05, 0) is 30.9 Å². The summed E-state index contributed by atoms with van der Waals surface area (Å²) >= 11 is 0. The molecule has 25 heavy (non-hydrogen) atoms. The zero-order valence-corrected chi connectivity index (χ0v) is 14.9. The van der Waals surface area contributed by atoms with Gasteiger partial charge in [-0.25, -0.2) is 4.98 Å². The Kier molecular flexibility index (Phi) is 5.48. The quantitative estimate of drug-likeness (QED) is 0.834. The van der Waals surface area contributed by atoms with Gasteiger partial charge in [0.1, 0.15) is 6.54 Å². The number of carbonyl (C=O) groups is 1. The van der Waals surface area contributed by atoms with E-state index in [1.165, 1.54) is 10.9 Å². The molecule has 3 rings (SSSR count). The van der Waals surface area contributed by atoms with Gasteiger partial charge in [-0.3, -0.25) is 14.2 Å². The van der Waals surface area contributed by atoms with Crippen molar-refractivity contribution in [2.45, 2.75) is 39.3 Å². The summed E-state index contributed by atoms with van der Waals surface area (Å²) in [6.07, 6.45) is 3.39. The number of amides is 1. The molecule has 1 aliphatic rings. The second kappa shape index (κ2) is 7.78. The summed E-state index contributed by atoms with van der Waals surface area (Å²) in [5.41, 5.74) is 0.480. The number of nitrogens with zero attached hydrogens (tertiary/aromatic N) is 3. The Bertz CT molecular complexity index is 792. The molecule has 0 N–H and O–H groups in total. The van der Waals surface area contributed by atoms with Crippen LogP contribution in [0.4, 0.5) is 0 Å². The summed E-state index contributed by atoms with van der Waals surface area (Å²) in [5, 5.41) is 0.540. The van der Waals surface area contributed by atoms with Crippen molar-refractivity contribution in [3.05, 3.63) is 40.9 Å². The van der Waals surface area contributed by atoms with E-state index in [1.54, 1.807) is 18.2 Å². The third kappa shape index (κ3) is 4.25. The first kappa shape index (κ1) is 17.6. The molecule has 0 bridgehead atoms. The molecule has 2 heterocycles. The Morgan fingerprint density at radius 2 is 2.00 bits per heavy atom. The number of benzene rings is 1. The summed E-state index contributed by atoms with van der Waals surface area (Å²) in [7, 11) is 0. The molecule has 1 amide bonds. The molecule has 6 nitrogen and oxygen atoms in total. The van der Waals surface area contributed by atoms with E-state index in [9.17, 15) is 9.59 Å². The third-order valence-corrected chi connectivity index (χ3v) is 4.50. The topological polar surface area (TPSA) is 64.4 Å². The number of para-hydroxylation sites is 1. The van der Waals surface area contributed by atoms with Crippen LogP contribution in [0.2, 0.25) is 0 Å². The number of hydrogen-bond acceptors (Lipinski definition) is 4. The normalized spacial score (nSPS) is 15.9. The van der Waals surface area contributed by atoms with Gasteiger partial charge in [0, 0.05) is 19.7 Å². The van der Waals surface area contributed by atoms with Crippen LogP contribution >= 0.6 is 0 Å². The molecule has 1 aromatic carbocycles. The van der Waals surface area contributed by atoms with Gasteiger partial charge in [-0.15, -0.1) is 0 Å². The van der Waals surface area contributed by atoms with Crippen LogP contribution < -0.4 is 5.56 Å². The smallest absolute Gasteiger partial charge is 0.261 e. The molecule has 6 heteroatoms. The minimum atomic E-state index is -0.172. The molecule has 2 aromatic rings. The van der Waals surface area contributed by atoms with Crippen LogP contribution in [-0.2, 0) is 16.1 Å². The fourth-order valence-corrected chi connectivity index (χ4v) is 3.06. The maximum absolute atomic E-state index is 12.5. The molecular formula is C19H25N3O3. The summed E-state index contributed by atoms with van der Waals surface area (Å²) in [5.74, 6) is 0.480. The molecule has 0 radical (unpaired) electrons. The zero-order valence-electron chi connectivity index (χ0n) is 14.9. The van der Waals surface area contributed by atoms with Crippen LogP contribution in [0.15, 0.2) is 35.4 Å². The largest absolute Gasteiger partial charge is 0.378 e. The lowest BCUT2D eigenvalue weighted by atomic mass is 10.1. The molecule has 1 fully saturated rings. The van der Waals surface area contributed by atoms with Gasteiger partial charge in [0.05, 0.1) is 23.3 Å². The second-order valence-electron chi connectivity index (χ2n) is 7.00. The molecule has 1 aromatic heterocycles. The molecule has 0 aliphatic carbocycles. The van der Waals surface area contributed by atoms with Gasteiger partial charge in [0.2, 0.25) is 5.91 Å². The zero-order chi connectivity index (χ0) is 17.8. The summed E-state index contributed by atoms with van der Waals surface area (Å²) in [4.78, 5) is 31.1. The molecule has 134 valence electrons. The van der Waals surface area contributed by atoms with Crippen LogP contribution in [0.25, 0.3) is 10.9 Å². The first-order chi connectivity index (χ1) is 12.0. The van der Waals surface area contributed by atoms with Crippen molar-refractivity contribution in [3.8, 4) is 0 Å². The highest BCUT2D eigenvalue weighted by atomic mass is 16.5. The summed E-state index contributed by atoms with van der Waals surface area (Å²) in [6, 6.07) is 7.18. The van der Waals surface area contributed by atoms with Gasteiger partial charge in [0.25, 0.3) is 5.56 Å². The average molecular weight is 343 g/mol. The molecule has 0 spiro atoms. The van der Waals surface area contributed by atoms with Gasteiger partial charge < -0.3 is 9.64 Å². The van der Waals surface area contributed by atoms with E-state index in [4.69, 9.17) is 4.74 Å². The van der Waals surface area contributed by atoms with Crippen molar-refractivity contribution < 1.29 is 9.53 Å². The highest BCUT2D eigenvalue weighted by Gasteiger charge is 2.23.